The molecule has 0 aromatic carbocycles. The van der Waals surface area contributed by atoms with Crippen LogP contribution >= 0.6 is 0 Å². The van der Waals surface area contributed by atoms with Crippen molar-refractivity contribution in [3.8, 4) is 0 Å². The Labute approximate surface area is 107 Å². The minimum Gasteiger partial charge on any atom is -0.360 e. The van der Waals surface area contributed by atoms with Gasteiger partial charge in [-0.25, -0.2) is 0 Å². The van der Waals surface area contributed by atoms with Gasteiger partial charge in [-0.15, -0.1) is 0 Å². The molecule has 18 heavy (non-hydrogen) atoms. The quantitative estimate of drug-likeness (QED) is 0.879. The first-order valence-electron chi connectivity index (χ1n) is 6.71. The number of nitrogens with one attached hydrogen (secondary N) is 1. The minimum atomic E-state index is 0.00519. The van der Waals surface area contributed by atoms with E-state index in [-0.39, 0.29) is 5.91 Å². The molecule has 3 rings (SSSR count). The molecule has 0 radical (unpaired) electrons. The van der Waals surface area contributed by atoms with E-state index in [1.807, 2.05) is 18.0 Å². The molecule has 0 spiro atoms. The van der Waals surface area contributed by atoms with Crippen molar-refractivity contribution in [3.63, 3.8) is 0 Å². The number of nitrogens with zero attached hydrogens (tertiary/aromatic N) is 2. The Kier molecular flexibility index (Phi) is 3.07. The molecular weight excluding hydrogens is 230 g/mol. The van der Waals surface area contributed by atoms with Crippen LogP contribution in [0.25, 0.3) is 0 Å². The molecule has 98 valence electrons. The van der Waals surface area contributed by atoms with E-state index in [4.69, 9.17) is 4.52 Å². The van der Waals surface area contributed by atoms with Gasteiger partial charge >= 0.3 is 0 Å². The molecule has 1 aromatic rings. The van der Waals surface area contributed by atoms with E-state index in [1.165, 1.54) is 0 Å². The van der Waals surface area contributed by atoms with Crippen LogP contribution in [0.3, 0.4) is 0 Å². The van der Waals surface area contributed by atoms with Crippen LogP contribution in [0.4, 0.5) is 0 Å². The van der Waals surface area contributed by atoms with Crippen LogP contribution in [0.15, 0.2) is 10.6 Å². The zero-order valence-electron chi connectivity index (χ0n) is 10.7. The largest absolute Gasteiger partial charge is 0.360 e. The number of amides is 1. The monoisotopic (exact) mass is 249 g/mol. The molecule has 1 unspecified atom stereocenters. The molecule has 2 fully saturated rings. The molecule has 1 aromatic heterocycles. The number of hydrogen-bond acceptors (Lipinski definition) is 4. The Bertz CT molecular complexity index is 439. The fraction of sp³-hybridized carbons (Fsp3) is 0.692. The lowest BCUT2D eigenvalue weighted by molar-refractivity contribution is 0.0687. The molecule has 1 saturated carbocycles. The van der Waals surface area contributed by atoms with Gasteiger partial charge in [-0.1, -0.05) is 5.16 Å². The average molecular weight is 249 g/mol. The van der Waals surface area contributed by atoms with E-state index in [0.29, 0.717) is 17.7 Å². The molecule has 1 aliphatic carbocycles. The maximum absolute atomic E-state index is 12.3. The van der Waals surface area contributed by atoms with Crippen molar-refractivity contribution in [1.82, 2.24) is 15.4 Å². The first-order valence-corrected chi connectivity index (χ1v) is 6.71. The molecule has 2 aliphatic rings. The topological polar surface area (TPSA) is 58.4 Å². The highest BCUT2D eigenvalue weighted by Gasteiger charge is 2.30. The summed E-state index contributed by atoms with van der Waals surface area (Å²) in [6.45, 7) is 1.59. The number of rotatable bonds is 3. The van der Waals surface area contributed by atoms with Crippen molar-refractivity contribution in [3.05, 3.63) is 17.5 Å². The normalized spacial score (nSPS) is 24.3. The zero-order valence-corrected chi connectivity index (χ0v) is 10.7. The van der Waals surface area contributed by atoms with Gasteiger partial charge in [-0.05, 0) is 32.7 Å². The lowest BCUT2D eigenvalue weighted by Crippen LogP contribution is -2.47. The summed E-state index contributed by atoms with van der Waals surface area (Å²) in [4.78, 5) is 14.2. The zero-order chi connectivity index (χ0) is 12.5. The third-order valence-corrected chi connectivity index (χ3v) is 3.84. The smallest absolute Gasteiger partial charge is 0.276 e. The Morgan fingerprint density at radius 3 is 3.06 bits per heavy atom. The van der Waals surface area contributed by atoms with Crippen LogP contribution in [-0.2, 0) is 0 Å². The van der Waals surface area contributed by atoms with Gasteiger partial charge < -0.3 is 14.7 Å². The second-order valence-corrected chi connectivity index (χ2v) is 5.27. The average Bonchev–Trinajstić information content (AvgIpc) is 3.16. The number of likely N-dealkylation sites (N-methyl/N-ethyl adjacent to an activating group) is 1. The third-order valence-electron chi connectivity index (χ3n) is 3.84. The Morgan fingerprint density at radius 2 is 2.33 bits per heavy atom. The molecule has 0 bridgehead atoms. The second-order valence-electron chi connectivity index (χ2n) is 5.27. The standard InChI is InChI=1S/C13H19N3O2/c1-14-10-3-2-6-16(8-10)13(17)11-7-12(18-15-11)9-4-5-9/h7,9-10,14H,2-6,8H2,1H3. The van der Waals surface area contributed by atoms with E-state index >= 15 is 0 Å². The number of carbonyl (C=O) groups is 1. The van der Waals surface area contributed by atoms with Gasteiger partial charge in [0, 0.05) is 31.1 Å². The van der Waals surface area contributed by atoms with Crippen LogP contribution in [0.2, 0.25) is 0 Å². The summed E-state index contributed by atoms with van der Waals surface area (Å²) in [5, 5.41) is 7.15. The van der Waals surface area contributed by atoms with Crippen LogP contribution in [0.1, 0.15) is 47.8 Å². The van der Waals surface area contributed by atoms with Gasteiger partial charge in [0.1, 0.15) is 5.76 Å². The van der Waals surface area contributed by atoms with Crippen LogP contribution in [0, 0.1) is 0 Å². The van der Waals surface area contributed by atoms with Gasteiger partial charge in [0.2, 0.25) is 0 Å². The molecule has 2 heterocycles. The maximum atomic E-state index is 12.3. The number of piperidine rings is 1. The number of carbonyl (C=O) groups excluding carboxylic acids is 1. The Hall–Kier alpha value is -1.36. The Balaban J connectivity index is 1.68. The van der Waals surface area contributed by atoms with Crippen molar-refractivity contribution >= 4 is 5.91 Å². The Morgan fingerprint density at radius 1 is 1.50 bits per heavy atom. The van der Waals surface area contributed by atoms with Crippen LogP contribution < -0.4 is 5.32 Å². The molecule has 1 saturated heterocycles. The van der Waals surface area contributed by atoms with Crippen molar-refractivity contribution in [2.75, 3.05) is 20.1 Å². The predicted octanol–water partition coefficient (Wildman–Crippen LogP) is 1.38. The summed E-state index contributed by atoms with van der Waals surface area (Å²) >= 11 is 0. The summed E-state index contributed by atoms with van der Waals surface area (Å²) < 4.78 is 5.24. The van der Waals surface area contributed by atoms with Crippen molar-refractivity contribution in [2.45, 2.75) is 37.6 Å². The number of aromatic nitrogens is 1. The summed E-state index contributed by atoms with van der Waals surface area (Å²) in [5.74, 6) is 1.39. The maximum Gasteiger partial charge on any atom is 0.276 e. The van der Waals surface area contributed by atoms with Gasteiger partial charge in [-0.2, -0.15) is 0 Å². The molecular formula is C13H19N3O2. The summed E-state index contributed by atoms with van der Waals surface area (Å²) in [7, 11) is 1.94. The number of likely N-dealkylation sites (tertiary alicyclic amines) is 1. The van der Waals surface area contributed by atoms with Crippen molar-refractivity contribution in [1.29, 1.82) is 0 Å². The highest BCUT2D eigenvalue weighted by atomic mass is 16.5. The van der Waals surface area contributed by atoms with Gasteiger partial charge in [0.25, 0.3) is 5.91 Å². The van der Waals surface area contributed by atoms with Crippen LogP contribution in [0.5, 0.6) is 0 Å². The van der Waals surface area contributed by atoms with Crippen LogP contribution in [-0.4, -0.2) is 42.1 Å². The second kappa shape index (κ2) is 4.72. The van der Waals surface area contributed by atoms with E-state index in [2.05, 4.69) is 10.5 Å². The highest BCUT2D eigenvalue weighted by molar-refractivity contribution is 5.92. The van der Waals surface area contributed by atoms with Gasteiger partial charge in [-0.3, -0.25) is 4.79 Å². The summed E-state index contributed by atoms with van der Waals surface area (Å²) in [5.41, 5.74) is 0.466. The van der Waals surface area contributed by atoms with Crippen molar-refractivity contribution in [2.24, 2.45) is 0 Å². The highest BCUT2D eigenvalue weighted by Crippen LogP contribution is 2.40. The van der Waals surface area contributed by atoms with E-state index < -0.39 is 0 Å². The van der Waals surface area contributed by atoms with E-state index in [1.54, 1.807) is 0 Å². The SMILES string of the molecule is CNC1CCCN(C(=O)c2cc(C3CC3)on2)C1. The number of hydrogen-bond donors (Lipinski definition) is 1. The fourth-order valence-corrected chi connectivity index (χ4v) is 2.51. The van der Waals surface area contributed by atoms with E-state index in [9.17, 15) is 4.79 Å². The molecule has 1 atom stereocenters. The van der Waals surface area contributed by atoms with Gasteiger partial charge in [0.15, 0.2) is 5.69 Å². The summed E-state index contributed by atoms with van der Waals surface area (Å²) in [6, 6.07) is 2.22. The molecule has 5 nitrogen and oxygen atoms in total. The van der Waals surface area contributed by atoms with Crippen molar-refractivity contribution < 1.29 is 9.32 Å². The van der Waals surface area contributed by atoms with E-state index in [0.717, 1.165) is 44.5 Å². The third kappa shape index (κ3) is 2.27. The minimum absolute atomic E-state index is 0.00519. The molecule has 5 heteroatoms. The first-order chi connectivity index (χ1) is 8.78. The molecule has 1 N–H and O–H groups in total. The van der Waals surface area contributed by atoms with Gasteiger partial charge in [0.05, 0.1) is 0 Å². The first kappa shape index (κ1) is 11.7. The lowest BCUT2D eigenvalue weighted by Gasteiger charge is -2.31. The molecule has 1 amide bonds. The predicted molar refractivity (Wildman–Crippen MR) is 66.5 cm³/mol. The summed E-state index contributed by atoms with van der Waals surface area (Å²) in [6.07, 6.45) is 4.50. The molecule has 1 aliphatic heterocycles. The fourth-order valence-electron chi connectivity index (χ4n) is 2.51. The lowest BCUT2D eigenvalue weighted by atomic mass is 10.1.